The molecule has 1 aromatic carbocycles. The largest absolute Gasteiger partial charge is 0.444 e. The van der Waals surface area contributed by atoms with Crippen molar-refractivity contribution < 1.29 is 28.3 Å². The normalized spacial score (nSPS) is 17.9. The number of amides is 2. The zero-order valence-electron chi connectivity index (χ0n) is 18.5. The zero-order valence-corrected chi connectivity index (χ0v) is 19.3. The summed E-state index contributed by atoms with van der Waals surface area (Å²) in [5.41, 5.74) is -1.19. The van der Waals surface area contributed by atoms with E-state index in [1.807, 2.05) is 39.0 Å². The van der Waals surface area contributed by atoms with Crippen molar-refractivity contribution in [2.75, 3.05) is 13.1 Å². The minimum absolute atomic E-state index is 0.0607. The van der Waals surface area contributed by atoms with Gasteiger partial charge in [-0.05, 0) is 60.1 Å². The van der Waals surface area contributed by atoms with Crippen molar-refractivity contribution in [1.29, 1.82) is 0 Å². The zero-order chi connectivity index (χ0) is 22.4. The van der Waals surface area contributed by atoms with Crippen molar-refractivity contribution in [2.45, 2.75) is 64.5 Å². The van der Waals surface area contributed by atoms with Crippen LogP contribution >= 0.6 is 12.0 Å². The second-order valence-corrected chi connectivity index (χ2v) is 9.94. The Kier molecular flexibility index (Phi) is 8.25. The fraction of sp³-hybridized carbons (Fsp3) is 0.619. The van der Waals surface area contributed by atoms with E-state index in [1.165, 1.54) is 0 Å². The number of hydrogen-bond donors (Lipinski definition) is 1. The molecule has 0 spiro atoms. The van der Waals surface area contributed by atoms with Crippen LogP contribution in [0.15, 0.2) is 30.3 Å². The van der Waals surface area contributed by atoms with E-state index < -0.39 is 22.7 Å². The van der Waals surface area contributed by atoms with Gasteiger partial charge in [-0.1, -0.05) is 18.2 Å². The van der Waals surface area contributed by atoms with Gasteiger partial charge in [0.1, 0.15) is 16.6 Å². The molecule has 0 aromatic heterocycles. The molecule has 1 fully saturated rings. The molecule has 0 aliphatic carbocycles. The molecule has 9 heteroatoms. The fourth-order valence-corrected chi connectivity index (χ4v) is 3.47. The molecule has 2 rings (SSSR count). The summed E-state index contributed by atoms with van der Waals surface area (Å²) >= 11 is 0.982. The van der Waals surface area contributed by atoms with E-state index in [-0.39, 0.29) is 12.0 Å². The number of ether oxygens (including phenoxy) is 2. The van der Waals surface area contributed by atoms with Gasteiger partial charge in [-0.2, -0.15) is 0 Å². The average molecular weight is 441 g/mol. The Balaban J connectivity index is 1.97. The van der Waals surface area contributed by atoms with Gasteiger partial charge in [0.05, 0.1) is 12.0 Å². The molecule has 1 aromatic rings. The minimum atomic E-state index is -0.626. The molecule has 0 bridgehead atoms. The van der Waals surface area contributed by atoms with Crippen molar-refractivity contribution in [3.05, 3.63) is 30.3 Å². The van der Waals surface area contributed by atoms with Crippen LogP contribution in [0.25, 0.3) is 0 Å². The van der Waals surface area contributed by atoms with Crippen LogP contribution in [0.2, 0.25) is 0 Å². The molecular formula is C21H32N2O6S. The van der Waals surface area contributed by atoms with E-state index in [4.69, 9.17) is 18.7 Å². The number of hydrogen-bond acceptors (Lipinski definition) is 7. The molecule has 1 saturated heterocycles. The summed E-state index contributed by atoms with van der Waals surface area (Å²) in [5.74, 6) is 0.484. The maximum Gasteiger partial charge on any atom is 0.410 e. The second-order valence-electron chi connectivity index (χ2n) is 9.10. The van der Waals surface area contributed by atoms with Gasteiger partial charge in [0, 0.05) is 19.0 Å². The molecule has 2 atom stereocenters. The number of carbonyl (C=O) groups is 2. The maximum absolute atomic E-state index is 12.4. The van der Waals surface area contributed by atoms with Crippen LogP contribution in [0, 0.1) is 5.92 Å². The minimum Gasteiger partial charge on any atom is -0.444 e. The van der Waals surface area contributed by atoms with Gasteiger partial charge >= 0.3 is 12.2 Å². The van der Waals surface area contributed by atoms with Crippen molar-refractivity contribution in [3.63, 3.8) is 0 Å². The number of para-hydroxylation sites is 1. The Morgan fingerprint density at radius 2 is 1.70 bits per heavy atom. The summed E-state index contributed by atoms with van der Waals surface area (Å²) in [5, 5.41) is 2.35. The summed E-state index contributed by atoms with van der Waals surface area (Å²) in [6.07, 6.45) is -0.243. The SMILES string of the molecule is CC(C)(C)OC(=O)NC(SOOc1ccccc1)C1CCN(C(=O)OC(C)(C)C)C1. The van der Waals surface area contributed by atoms with Crippen LogP contribution in [-0.2, 0) is 13.8 Å². The highest BCUT2D eigenvalue weighted by Crippen LogP contribution is 2.29. The summed E-state index contributed by atoms with van der Waals surface area (Å²) in [7, 11) is 0. The lowest BCUT2D eigenvalue weighted by Gasteiger charge is -2.27. The summed E-state index contributed by atoms with van der Waals surface area (Å²) in [6, 6.07) is 9.05. The molecule has 2 amide bonds. The Morgan fingerprint density at radius 3 is 2.30 bits per heavy atom. The van der Waals surface area contributed by atoms with E-state index in [9.17, 15) is 9.59 Å². The van der Waals surface area contributed by atoms with Crippen LogP contribution in [0.4, 0.5) is 9.59 Å². The first-order valence-electron chi connectivity index (χ1n) is 9.95. The van der Waals surface area contributed by atoms with Crippen molar-refractivity contribution in [1.82, 2.24) is 10.2 Å². The highest BCUT2D eigenvalue weighted by atomic mass is 32.2. The highest BCUT2D eigenvalue weighted by Gasteiger charge is 2.36. The first-order chi connectivity index (χ1) is 13.9. The van der Waals surface area contributed by atoms with Gasteiger partial charge in [0.25, 0.3) is 0 Å². The molecule has 30 heavy (non-hydrogen) atoms. The van der Waals surface area contributed by atoms with Gasteiger partial charge in [-0.25, -0.2) is 9.59 Å². The summed E-state index contributed by atoms with van der Waals surface area (Å²) < 4.78 is 16.1. The molecule has 1 aliphatic heterocycles. The quantitative estimate of drug-likeness (QED) is 0.296. The van der Waals surface area contributed by atoms with Crippen LogP contribution in [0.1, 0.15) is 48.0 Å². The lowest BCUT2D eigenvalue weighted by Crippen LogP contribution is -2.43. The predicted molar refractivity (Wildman–Crippen MR) is 115 cm³/mol. The lowest BCUT2D eigenvalue weighted by atomic mass is 10.1. The molecule has 1 heterocycles. The van der Waals surface area contributed by atoms with E-state index in [1.54, 1.807) is 37.8 Å². The van der Waals surface area contributed by atoms with Gasteiger partial charge in [0.15, 0.2) is 5.75 Å². The average Bonchev–Trinajstić information content (AvgIpc) is 3.09. The molecule has 1 aliphatic rings. The second kappa shape index (κ2) is 10.3. The third-order valence-corrected chi connectivity index (χ3v) is 4.84. The third-order valence-electron chi connectivity index (χ3n) is 3.98. The molecular weight excluding hydrogens is 408 g/mol. The highest BCUT2D eigenvalue weighted by molar-refractivity contribution is 7.95. The van der Waals surface area contributed by atoms with Gasteiger partial charge < -0.3 is 24.6 Å². The predicted octanol–water partition coefficient (Wildman–Crippen LogP) is 4.75. The topological polar surface area (TPSA) is 86.3 Å². The van der Waals surface area contributed by atoms with Crippen LogP contribution in [-0.4, -0.2) is 46.8 Å². The number of nitrogens with zero attached hydrogens (tertiary/aromatic N) is 1. The Bertz CT molecular complexity index is 702. The monoisotopic (exact) mass is 440 g/mol. The number of carbonyl (C=O) groups excluding carboxylic acids is 2. The lowest BCUT2D eigenvalue weighted by molar-refractivity contribution is -0.0793. The standard InChI is InChI=1S/C21H32N2O6S/c1-20(2,3)26-18(24)22-17(30-29-28-16-10-8-7-9-11-16)15-12-13-23(14-15)19(25)27-21(4,5)6/h7-11,15,17H,12-14H2,1-6H3,(H,22,24). The number of rotatable bonds is 6. The van der Waals surface area contributed by atoms with Gasteiger partial charge in [0.2, 0.25) is 0 Å². The smallest absolute Gasteiger partial charge is 0.410 e. The van der Waals surface area contributed by atoms with Gasteiger partial charge in [-0.3, -0.25) is 0 Å². The number of alkyl carbamates (subject to hydrolysis) is 1. The molecule has 0 radical (unpaired) electrons. The maximum atomic E-state index is 12.4. The van der Waals surface area contributed by atoms with E-state index in [2.05, 4.69) is 5.32 Å². The van der Waals surface area contributed by atoms with Crippen molar-refractivity contribution in [2.24, 2.45) is 5.92 Å². The van der Waals surface area contributed by atoms with Crippen LogP contribution in [0.3, 0.4) is 0 Å². The molecule has 1 N–H and O–H groups in total. The van der Waals surface area contributed by atoms with Crippen molar-refractivity contribution >= 4 is 24.2 Å². The van der Waals surface area contributed by atoms with E-state index in [0.717, 1.165) is 12.0 Å². The first kappa shape index (κ1) is 24.1. The van der Waals surface area contributed by atoms with Gasteiger partial charge in [-0.15, -0.1) is 4.33 Å². The fourth-order valence-electron chi connectivity index (χ4n) is 2.75. The van der Waals surface area contributed by atoms with Crippen LogP contribution < -0.4 is 10.2 Å². The molecule has 8 nitrogen and oxygen atoms in total. The molecule has 168 valence electrons. The Morgan fingerprint density at radius 1 is 1.07 bits per heavy atom. The number of nitrogens with one attached hydrogen (secondary N) is 1. The molecule has 2 unspecified atom stereocenters. The first-order valence-corrected chi connectivity index (χ1v) is 10.8. The summed E-state index contributed by atoms with van der Waals surface area (Å²) in [4.78, 5) is 31.6. The van der Waals surface area contributed by atoms with Crippen molar-refractivity contribution in [3.8, 4) is 5.75 Å². The molecule has 0 saturated carbocycles. The third kappa shape index (κ3) is 8.71. The number of benzene rings is 1. The summed E-state index contributed by atoms with van der Waals surface area (Å²) in [6.45, 7) is 11.8. The number of likely N-dealkylation sites (tertiary alicyclic amines) is 1. The van der Waals surface area contributed by atoms with Crippen LogP contribution in [0.5, 0.6) is 5.75 Å². The van der Waals surface area contributed by atoms with E-state index >= 15 is 0 Å². The Hall–Kier alpha value is -2.13. The Labute approximate surface area is 182 Å². The van der Waals surface area contributed by atoms with E-state index in [0.29, 0.717) is 25.3 Å².